The largest absolute Gasteiger partial charge is 0.480 e. The molecule has 5 heteroatoms. The number of hydrogen-bond acceptors (Lipinski definition) is 2. The summed E-state index contributed by atoms with van der Waals surface area (Å²) in [5.41, 5.74) is 0. The Balaban J connectivity index is 2.88. The van der Waals surface area contributed by atoms with Crippen LogP contribution in [0.25, 0.3) is 0 Å². The molecular formula is C8H7F3OS. The zero-order valence-corrected chi connectivity index (χ0v) is 7.63. The molecule has 0 amide bonds. The molecule has 1 nitrogen and oxygen atoms in total. The van der Waals surface area contributed by atoms with Crippen LogP contribution in [0.15, 0.2) is 12.1 Å². The topological polar surface area (TPSA) is 9.23 Å². The van der Waals surface area contributed by atoms with Gasteiger partial charge in [0.15, 0.2) is 23.2 Å². The molecule has 0 aliphatic carbocycles. The molecule has 1 rings (SSSR count). The van der Waals surface area contributed by atoms with Crippen molar-refractivity contribution in [1.29, 1.82) is 0 Å². The summed E-state index contributed by atoms with van der Waals surface area (Å²) >= 11 is 1.31. The first kappa shape index (κ1) is 10.2. The maximum atomic E-state index is 12.8. The molecule has 0 radical (unpaired) electrons. The number of ether oxygens (including phenoxy) is 1. The van der Waals surface area contributed by atoms with Gasteiger partial charge in [-0.3, -0.25) is 0 Å². The lowest BCUT2D eigenvalue weighted by atomic mass is 10.3. The Morgan fingerprint density at radius 3 is 2.38 bits per heavy atom. The van der Waals surface area contributed by atoms with Crippen LogP contribution in [0, 0.1) is 17.5 Å². The highest BCUT2D eigenvalue weighted by Gasteiger charge is 2.10. The fourth-order valence-electron chi connectivity index (χ4n) is 0.737. The van der Waals surface area contributed by atoms with Gasteiger partial charge in [-0.05, 0) is 6.26 Å². The Labute approximate surface area is 77.9 Å². The maximum absolute atomic E-state index is 12.8. The molecule has 0 heterocycles. The minimum atomic E-state index is -1.21. The van der Waals surface area contributed by atoms with Crippen molar-refractivity contribution in [3.05, 3.63) is 29.6 Å². The molecule has 0 spiro atoms. The van der Waals surface area contributed by atoms with E-state index in [4.69, 9.17) is 4.74 Å². The van der Waals surface area contributed by atoms with Crippen molar-refractivity contribution >= 4 is 11.8 Å². The van der Waals surface area contributed by atoms with E-state index in [2.05, 4.69) is 0 Å². The minimum Gasteiger partial charge on any atom is -0.480 e. The number of benzene rings is 1. The lowest BCUT2D eigenvalue weighted by Gasteiger charge is -2.05. The Hall–Kier alpha value is -0.840. The number of thioether (sulfide) groups is 1. The first-order valence-electron chi connectivity index (χ1n) is 3.41. The Morgan fingerprint density at radius 1 is 1.15 bits per heavy atom. The lowest BCUT2D eigenvalue weighted by molar-refractivity contribution is 0.359. The highest BCUT2D eigenvalue weighted by molar-refractivity contribution is 7.98. The summed E-state index contributed by atoms with van der Waals surface area (Å²) in [5.74, 6) is -3.30. The van der Waals surface area contributed by atoms with Crippen molar-refractivity contribution < 1.29 is 17.9 Å². The van der Waals surface area contributed by atoms with E-state index in [0.29, 0.717) is 12.1 Å². The summed E-state index contributed by atoms with van der Waals surface area (Å²) < 4.78 is 42.6. The second-order valence-electron chi connectivity index (χ2n) is 2.25. The SMILES string of the molecule is CSCOc1cc(F)c(F)cc1F. The van der Waals surface area contributed by atoms with Crippen LogP contribution >= 0.6 is 11.8 Å². The van der Waals surface area contributed by atoms with Gasteiger partial charge in [-0.1, -0.05) is 0 Å². The van der Waals surface area contributed by atoms with E-state index in [-0.39, 0.29) is 11.7 Å². The quantitative estimate of drug-likeness (QED) is 0.558. The van der Waals surface area contributed by atoms with Gasteiger partial charge in [0.25, 0.3) is 0 Å². The van der Waals surface area contributed by atoms with Crippen LogP contribution in [0.2, 0.25) is 0 Å². The monoisotopic (exact) mass is 208 g/mol. The zero-order chi connectivity index (χ0) is 9.84. The van der Waals surface area contributed by atoms with Crippen LogP contribution < -0.4 is 4.74 Å². The van der Waals surface area contributed by atoms with E-state index < -0.39 is 17.5 Å². The van der Waals surface area contributed by atoms with Crippen molar-refractivity contribution in [3.63, 3.8) is 0 Å². The van der Waals surface area contributed by atoms with Gasteiger partial charge in [0.2, 0.25) is 0 Å². The molecule has 0 fully saturated rings. The van der Waals surface area contributed by atoms with Crippen molar-refractivity contribution in [2.45, 2.75) is 0 Å². The number of halogens is 3. The van der Waals surface area contributed by atoms with E-state index in [1.54, 1.807) is 6.26 Å². The zero-order valence-electron chi connectivity index (χ0n) is 6.81. The lowest BCUT2D eigenvalue weighted by Crippen LogP contribution is -1.97. The molecule has 0 bridgehead atoms. The van der Waals surface area contributed by atoms with E-state index >= 15 is 0 Å². The van der Waals surface area contributed by atoms with Crippen LogP contribution in [0.1, 0.15) is 0 Å². The average molecular weight is 208 g/mol. The number of rotatable bonds is 3. The Morgan fingerprint density at radius 2 is 1.77 bits per heavy atom. The molecule has 0 unspecified atom stereocenters. The molecule has 13 heavy (non-hydrogen) atoms. The van der Waals surface area contributed by atoms with E-state index in [0.717, 1.165) is 0 Å². The standard InChI is InChI=1S/C8H7F3OS/c1-13-4-12-8-3-6(10)5(9)2-7(8)11/h2-3H,4H2,1H3. The fourth-order valence-corrected chi connectivity index (χ4v) is 0.982. The van der Waals surface area contributed by atoms with Crippen LogP contribution in [0.4, 0.5) is 13.2 Å². The molecular weight excluding hydrogens is 201 g/mol. The normalized spacial score (nSPS) is 10.2. The van der Waals surface area contributed by atoms with Crippen LogP contribution in [0.5, 0.6) is 5.75 Å². The fraction of sp³-hybridized carbons (Fsp3) is 0.250. The predicted molar refractivity (Wildman–Crippen MR) is 45.3 cm³/mol. The second kappa shape index (κ2) is 4.41. The molecule has 0 saturated carbocycles. The van der Waals surface area contributed by atoms with Gasteiger partial charge in [0, 0.05) is 12.1 Å². The summed E-state index contributed by atoms with van der Waals surface area (Å²) in [4.78, 5) is 0. The van der Waals surface area contributed by atoms with Gasteiger partial charge in [0.05, 0.1) is 0 Å². The first-order chi connectivity index (χ1) is 6.15. The highest BCUT2D eigenvalue weighted by Crippen LogP contribution is 2.21. The van der Waals surface area contributed by atoms with Gasteiger partial charge in [-0.15, -0.1) is 11.8 Å². The predicted octanol–water partition coefficient (Wildman–Crippen LogP) is 2.80. The smallest absolute Gasteiger partial charge is 0.168 e. The van der Waals surface area contributed by atoms with E-state index in [1.807, 2.05) is 0 Å². The second-order valence-corrected chi connectivity index (χ2v) is 3.06. The van der Waals surface area contributed by atoms with Crippen molar-refractivity contribution in [2.75, 3.05) is 12.2 Å². The molecule has 1 aromatic rings. The van der Waals surface area contributed by atoms with E-state index in [1.165, 1.54) is 11.8 Å². The summed E-state index contributed by atoms with van der Waals surface area (Å²) in [7, 11) is 0. The molecule has 0 aliphatic heterocycles. The molecule has 0 saturated heterocycles. The summed E-state index contributed by atoms with van der Waals surface area (Å²) in [6.07, 6.45) is 1.75. The third kappa shape index (κ3) is 2.55. The summed E-state index contributed by atoms with van der Waals surface area (Å²) in [6, 6.07) is 1.16. The highest BCUT2D eigenvalue weighted by atomic mass is 32.2. The van der Waals surface area contributed by atoms with Crippen molar-refractivity contribution in [2.24, 2.45) is 0 Å². The minimum absolute atomic E-state index is 0.196. The molecule has 1 aromatic carbocycles. The molecule has 0 aromatic heterocycles. The molecule has 0 atom stereocenters. The molecule has 0 aliphatic rings. The Bertz CT molecular complexity index is 304. The van der Waals surface area contributed by atoms with Crippen molar-refractivity contribution in [1.82, 2.24) is 0 Å². The molecule has 0 N–H and O–H groups in total. The summed E-state index contributed by atoms with van der Waals surface area (Å²) in [6.45, 7) is 0. The van der Waals surface area contributed by atoms with Gasteiger partial charge >= 0.3 is 0 Å². The Kier molecular flexibility index (Phi) is 3.48. The van der Waals surface area contributed by atoms with E-state index in [9.17, 15) is 13.2 Å². The maximum Gasteiger partial charge on any atom is 0.168 e. The average Bonchev–Trinajstić information content (AvgIpc) is 2.09. The summed E-state index contributed by atoms with van der Waals surface area (Å²) in [5, 5.41) is 0. The van der Waals surface area contributed by atoms with Crippen molar-refractivity contribution in [3.8, 4) is 5.75 Å². The van der Waals surface area contributed by atoms with Gasteiger partial charge < -0.3 is 4.74 Å². The van der Waals surface area contributed by atoms with Crippen LogP contribution in [0.3, 0.4) is 0 Å². The van der Waals surface area contributed by atoms with Gasteiger partial charge in [-0.2, -0.15) is 0 Å². The first-order valence-corrected chi connectivity index (χ1v) is 4.81. The van der Waals surface area contributed by atoms with Crippen LogP contribution in [-0.2, 0) is 0 Å². The van der Waals surface area contributed by atoms with Crippen LogP contribution in [-0.4, -0.2) is 12.2 Å². The molecule has 72 valence electrons. The third-order valence-electron chi connectivity index (χ3n) is 1.31. The van der Waals surface area contributed by atoms with Gasteiger partial charge in [-0.25, -0.2) is 13.2 Å². The third-order valence-corrected chi connectivity index (χ3v) is 1.66. The number of hydrogen-bond donors (Lipinski definition) is 0. The van der Waals surface area contributed by atoms with Gasteiger partial charge in [0.1, 0.15) is 5.94 Å².